The van der Waals surface area contributed by atoms with Gasteiger partial charge in [-0.05, 0) is 36.0 Å². The first-order valence-electron chi connectivity index (χ1n) is 6.96. The predicted octanol–water partition coefficient (Wildman–Crippen LogP) is 4.74. The van der Waals surface area contributed by atoms with Crippen LogP contribution in [0.4, 0.5) is 0 Å². The molecule has 0 bridgehead atoms. The number of aryl methyl sites for hydroxylation is 1. The maximum Gasteiger partial charge on any atom is 0.295 e. The molecule has 1 N–H and O–H groups in total. The molecule has 0 radical (unpaired) electrons. The van der Waals surface area contributed by atoms with E-state index in [0.717, 1.165) is 10.5 Å². The van der Waals surface area contributed by atoms with Crippen molar-refractivity contribution in [2.24, 2.45) is 0 Å². The first kappa shape index (κ1) is 18.5. The van der Waals surface area contributed by atoms with Crippen molar-refractivity contribution in [3.05, 3.63) is 22.8 Å². The molecule has 0 aliphatic rings. The lowest BCUT2D eigenvalue weighted by Crippen LogP contribution is -2.19. The Morgan fingerprint density at radius 3 is 1.86 bits per heavy atom. The van der Waals surface area contributed by atoms with Crippen molar-refractivity contribution in [1.82, 2.24) is 0 Å². The zero-order valence-electron chi connectivity index (χ0n) is 14.2. The fraction of sp³-hybridized carbons (Fsp3) is 0.625. The molecule has 0 saturated heterocycles. The van der Waals surface area contributed by atoms with Crippen molar-refractivity contribution in [1.29, 1.82) is 0 Å². The van der Waals surface area contributed by atoms with E-state index in [2.05, 4.69) is 20.8 Å². The van der Waals surface area contributed by atoms with Crippen LogP contribution >= 0.6 is 11.8 Å². The Labute approximate surface area is 133 Å². The molecule has 0 fully saturated rings. The van der Waals surface area contributed by atoms with E-state index in [1.807, 2.05) is 33.8 Å². The van der Waals surface area contributed by atoms with Gasteiger partial charge in [0.25, 0.3) is 10.1 Å². The summed E-state index contributed by atoms with van der Waals surface area (Å²) in [6.45, 7) is 15.9. The van der Waals surface area contributed by atoms with Crippen LogP contribution in [0.25, 0.3) is 0 Å². The predicted molar refractivity (Wildman–Crippen MR) is 90.0 cm³/mol. The number of hydrogen-bond donors (Lipinski definition) is 1. The number of benzene rings is 1. The molecule has 1 aromatic carbocycles. The minimum atomic E-state index is -4.26. The Morgan fingerprint density at radius 2 is 1.52 bits per heavy atom. The average molecular weight is 331 g/mol. The Kier molecular flexibility index (Phi) is 4.94. The van der Waals surface area contributed by atoms with Crippen molar-refractivity contribution < 1.29 is 13.0 Å². The van der Waals surface area contributed by atoms with Gasteiger partial charge >= 0.3 is 0 Å². The molecule has 0 saturated carbocycles. The molecule has 3 nitrogen and oxygen atoms in total. The molecule has 0 amide bonds. The molecule has 1 aromatic rings. The van der Waals surface area contributed by atoms with Gasteiger partial charge in [-0.25, -0.2) is 0 Å². The summed E-state index contributed by atoms with van der Waals surface area (Å²) in [5.41, 5.74) is 2.00. The summed E-state index contributed by atoms with van der Waals surface area (Å²) in [7, 11) is -4.26. The van der Waals surface area contributed by atoms with Crippen molar-refractivity contribution in [2.45, 2.75) is 75.3 Å². The third-order valence-electron chi connectivity index (χ3n) is 3.12. The van der Waals surface area contributed by atoms with Crippen LogP contribution in [-0.4, -0.2) is 17.7 Å². The van der Waals surface area contributed by atoms with Gasteiger partial charge in [-0.3, -0.25) is 4.55 Å². The van der Waals surface area contributed by atoms with Gasteiger partial charge in [-0.1, -0.05) is 47.6 Å². The fourth-order valence-electron chi connectivity index (χ4n) is 2.30. The normalized spacial score (nSPS) is 13.6. The van der Waals surface area contributed by atoms with Crippen LogP contribution in [0.1, 0.15) is 58.2 Å². The molecule has 0 heterocycles. The Morgan fingerprint density at radius 1 is 1.05 bits per heavy atom. The van der Waals surface area contributed by atoms with Crippen molar-refractivity contribution in [3.8, 4) is 0 Å². The molecule has 21 heavy (non-hydrogen) atoms. The van der Waals surface area contributed by atoms with E-state index in [1.165, 1.54) is 0 Å². The Balaban J connectivity index is 3.78. The van der Waals surface area contributed by atoms with Gasteiger partial charge in [0, 0.05) is 9.64 Å². The van der Waals surface area contributed by atoms with Crippen LogP contribution in [-0.2, 0) is 15.5 Å². The lowest BCUT2D eigenvalue weighted by molar-refractivity contribution is 0.474. The molecular weight excluding hydrogens is 304 g/mol. The van der Waals surface area contributed by atoms with Crippen LogP contribution in [0.3, 0.4) is 0 Å². The van der Waals surface area contributed by atoms with Crippen molar-refractivity contribution in [3.63, 3.8) is 0 Å². The van der Waals surface area contributed by atoms with Crippen molar-refractivity contribution >= 4 is 21.9 Å². The third-order valence-corrected chi connectivity index (χ3v) is 5.61. The highest BCUT2D eigenvalue weighted by molar-refractivity contribution is 8.00. The number of thioether (sulfide) groups is 1. The van der Waals surface area contributed by atoms with Crippen LogP contribution in [0.5, 0.6) is 0 Å². The Hall–Kier alpha value is -0.520. The lowest BCUT2D eigenvalue weighted by atomic mass is 9.85. The first-order chi connectivity index (χ1) is 9.14. The lowest BCUT2D eigenvalue weighted by Gasteiger charge is -2.27. The van der Waals surface area contributed by atoms with Crippen LogP contribution in [0, 0.1) is 13.8 Å². The maximum atomic E-state index is 11.9. The molecule has 0 unspecified atom stereocenters. The fourth-order valence-corrected chi connectivity index (χ4v) is 4.59. The standard InChI is InChI=1S/C16H26O3S2/c1-10-9-12(15(3,4)5)14(21(17,18)19)11(2)13(10)20-16(6,7)8/h9H,1-8H3,(H,17,18,19). The average Bonchev–Trinajstić information content (AvgIpc) is 2.18. The smallest absolute Gasteiger partial charge is 0.282 e. The molecule has 0 spiro atoms. The van der Waals surface area contributed by atoms with E-state index < -0.39 is 10.1 Å². The van der Waals surface area contributed by atoms with Gasteiger partial charge in [-0.2, -0.15) is 8.42 Å². The van der Waals surface area contributed by atoms with Gasteiger partial charge in [0.1, 0.15) is 4.90 Å². The van der Waals surface area contributed by atoms with E-state index in [9.17, 15) is 13.0 Å². The van der Waals surface area contributed by atoms with Gasteiger partial charge < -0.3 is 0 Å². The minimum absolute atomic E-state index is 0.0325. The molecular formula is C16H26O3S2. The molecule has 1 rings (SSSR count). The summed E-state index contributed by atoms with van der Waals surface area (Å²) in [5, 5.41) is 0. The van der Waals surface area contributed by atoms with Crippen LogP contribution in [0.2, 0.25) is 0 Å². The zero-order chi connectivity index (χ0) is 16.8. The quantitative estimate of drug-likeness (QED) is 0.628. The molecule has 5 heteroatoms. The topological polar surface area (TPSA) is 54.4 Å². The third kappa shape index (κ3) is 4.47. The van der Waals surface area contributed by atoms with E-state index in [-0.39, 0.29) is 15.1 Å². The summed E-state index contributed by atoms with van der Waals surface area (Å²) < 4.78 is 33.5. The largest absolute Gasteiger partial charge is 0.295 e. The first-order valence-corrected chi connectivity index (χ1v) is 9.21. The summed E-state index contributed by atoms with van der Waals surface area (Å²) in [5.74, 6) is 0. The monoisotopic (exact) mass is 330 g/mol. The van der Waals surface area contributed by atoms with E-state index in [4.69, 9.17) is 0 Å². The number of hydrogen-bond acceptors (Lipinski definition) is 3. The maximum absolute atomic E-state index is 11.9. The van der Waals surface area contributed by atoms with E-state index in [1.54, 1.807) is 18.7 Å². The Bertz CT molecular complexity index is 646. The SMILES string of the molecule is Cc1cc(C(C)(C)C)c(S(=O)(=O)O)c(C)c1SC(C)(C)C. The second kappa shape index (κ2) is 5.60. The van der Waals surface area contributed by atoms with Crippen molar-refractivity contribution in [2.75, 3.05) is 0 Å². The summed E-state index contributed by atoms with van der Waals surface area (Å²) in [6.07, 6.45) is 0. The summed E-state index contributed by atoms with van der Waals surface area (Å²) >= 11 is 1.63. The highest BCUT2D eigenvalue weighted by atomic mass is 32.2. The number of rotatable bonds is 2. The highest BCUT2D eigenvalue weighted by Crippen LogP contribution is 2.42. The molecule has 0 aliphatic heterocycles. The van der Waals surface area contributed by atoms with Crippen LogP contribution < -0.4 is 0 Å². The summed E-state index contributed by atoms with van der Waals surface area (Å²) in [4.78, 5) is 0.996. The minimum Gasteiger partial charge on any atom is -0.282 e. The summed E-state index contributed by atoms with van der Waals surface area (Å²) in [6, 6.07) is 1.89. The highest BCUT2D eigenvalue weighted by Gasteiger charge is 2.30. The second-order valence-electron chi connectivity index (χ2n) is 7.46. The van der Waals surface area contributed by atoms with Gasteiger partial charge in [0.15, 0.2) is 0 Å². The van der Waals surface area contributed by atoms with Crippen LogP contribution in [0.15, 0.2) is 15.9 Å². The zero-order valence-corrected chi connectivity index (χ0v) is 15.8. The second-order valence-corrected chi connectivity index (χ2v) is 10.7. The van der Waals surface area contributed by atoms with Gasteiger partial charge in [-0.15, -0.1) is 11.8 Å². The molecule has 0 aromatic heterocycles. The van der Waals surface area contributed by atoms with Gasteiger partial charge in [0.05, 0.1) is 0 Å². The molecule has 0 atom stereocenters. The van der Waals surface area contributed by atoms with Gasteiger partial charge in [0.2, 0.25) is 0 Å². The van der Waals surface area contributed by atoms with E-state index in [0.29, 0.717) is 11.1 Å². The molecule has 0 aliphatic carbocycles. The molecule has 120 valence electrons. The van der Waals surface area contributed by atoms with E-state index >= 15 is 0 Å².